The predicted molar refractivity (Wildman–Crippen MR) is 69.0 cm³/mol. The molecule has 0 aliphatic rings. The van der Waals surface area contributed by atoms with Gasteiger partial charge in [-0.2, -0.15) is 0 Å². The van der Waals surface area contributed by atoms with Gasteiger partial charge in [-0.3, -0.25) is 4.98 Å². The highest BCUT2D eigenvalue weighted by Crippen LogP contribution is 2.18. The fourth-order valence-corrected chi connectivity index (χ4v) is 1.63. The van der Waals surface area contributed by atoms with Crippen LogP contribution in [0.5, 0.6) is 0 Å². The Balaban J connectivity index is 1.97. The summed E-state index contributed by atoms with van der Waals surface area (Å²) < 4.78 is 30.9. The van der Waals surface area contributed by atoms with E-state index >= 15 is 0 Å². The van der Waals surface area contributed by atoms with Gasteiger partial charge < -0.3 is 10.5 Å². The van der Waals surface area contributed by atoms with Crippen LogP contribution in [0.4, 0.5) is 14.5 Å². The molecule has 0 fully saturated rings. The van der Waals surface area contributed by atoms with Crippen LogP contribution in [0, 0.1) is 11.6 Å². The Bertz CT molecular complexity index is 618. The molecule has 1 heterocycles. The number of benzene rings is 1. The molecule has 20 heavy (non-hydrogen) atoms. The van der Waals surface area contributed by atoms with E-state index in [2.05, 4.69) is 4.98 Å². The number of anilines is 1. The summed E-state index contributed by atoms with van der Waals surface area (Å²) in [4.78, 5) is 15.6. The van der Waals surface area contributed by atoms with Crippen molar-refractivity contribution >= 4 is 11.7 Å². The predicted octanol–water partition coefficient (Wildman–Crippen LogP) is 2.34. The van der Waals surface area contributed by atoms with Crippen LogP contribution in [0.2, 0.25) is 0 Å². The standard InChI is InChI=1S/C14H12F2N2O2/c15-11-7-10(13(17)8-12(11)16)14(19)20-6-3-9-1-4-18-5-2-9/h1-2,4-5,7-8H,3,6,17H2. The van der Waals surface area contributed by atoms with E-state index in [-0.39, 0.29) is 17.9 Å². The first kappa shape index (κ1) is 13.9. The first-order valence-corrected chi connectivity index (χ1v) is 5.88. The van der Waals surface area contributed by atoms with Crippen molar-refractivity contribution in [3.8, 4) is 0 Å². The Kier molecular flexibility index (Phi) is 4.24. The quantitative estimate of drug-likeness (QED) is 0.688. The lowest BCUT2D eigenvalue weighted by atomic mass is 10.1. The van der Waals surface area contributed by atoms with Gasteiger partial charge in [-0.15, -0.1) is 0 Å². The number of ether oxygens (including phenoxy) is 1. The summed E-state index contributed by atoms with van der Waals surface area (Å²) >= 11 is 0. The van der Waals surface area contributed by atoms with Crippen molar-refractivity contribution in [1.82, 2.24) is 4.98 Å². The molecule has 0 saturated carbocycles. The molecule has 4 nitrogen and oxygen atoms in total. The lowest BCUT2D eigenvalue weighted by Gasteiger charge is -2.07. The van der Waals surface area contributed by atoms with Crippen LogP contribution in [0.3, 0.4) is 0 Å². The number of aromatic nitrogens is 1. The largest absolute Gasteiger partial charge is 0.462 e. The molecule has 0 aliphatic heterocycles. The normalized spacial score (nSPS) is 10.3. The fourth-order valence-electron chi connectivity index (χ4n) is 1.63. The second kappa shape index (κ2) is 6.10. The van der Waals surface area contributed by atoms with Gasteiger partial charge in [-0.25, -0.2) is 13.6 Å². The van der Waals surface area contributed by atoms with Gasteiger partial charge in [0, 0.05) is 30.6 Å². The molecule has 2 rings (SSSR count). The minimum absolute atomic E-state index is 0.112. The number of hydrogen-bond acceptors (Lipinski definition) is 4. The highest BCUT2D eigenvalue weighted by atomic mass is 19.2. The Labute approximate surface area is 114 Å². The molecule has 0 bridgehead atoms. The molecule has 0 saturated heterocycles. The lowest BCUT2D eigenvalue weighted by molar-refractivity contribution is 0.0510. The van der Waals surface area contributed by atoms with Crippen LogP contribution in [0.1, 0.15) is 15.9 Å². The van der Waals surface area contributed by atoms with Crippen molar-refractivity contribution in [1.29, 1.82) is 0 Å². The zero-order chi connectivity index (χ0) is 14.5. The number of nitrogens with zero attached hydrogens (tertiary/aromatic N) is 1. The Morgan fingerprint density at radius 2 is 1.85 bits per heavy atom. The van der Waals surface area contributed by atoms with E-state index in [0.717, 1.165) is 17.7 Å². The summed E-state index contributed by atoms with van der Waals surface area (Å²) in [6.07, 6.45) is 3.76. The van der Waals surface area contributed by atoms with E-state index in [4.69, 9.17) is 10.5 Å². The minimum atomic E-state index is -1.14. The highest BCUT2D eigenvalue weighted by Gasteiger charge is 2.15. The monoisotopic (exact) mass is 278 g/mol. The maximum absolute atomic E-state index is 13.1. The molecular weight excluding hydrogens is 266 g/mol. The van der Waals surface area contributed by atoms with Crippen molar-refractivity contribution in [2.45, 2.75) is 6.42 Å². The van der Waals surface area contributed by atoms with Crippen molar-refractivity contribution < 1.29 is 18.3 Å². The number of carbonyl (C=O) groups excluding carboxylic acids is 1. The van der Waals surface area contributed by atoms with E-state index in [1.54, 1.807) is 24.5 Å². The number of rotatable bonds is 4. The first-order valence-electron chi connectivity index (χ1n) is 5.88. The van der Waals surface area contributed by atoms with Gasteiger partial charge in [0.05, 0.1) is 12.2 Å². The van der Waals surface area contributed by atoms with Gasteiger partial charge in [-0.1, -0.05) is 0 Å². The molecule has 1 aromatic carbocycles. The van der Waals surface area contributed by atoms with Crippen LogP contribution >= 0.6 is 0 Å². The maximum atomic E-state index is 13.1. The second-order valence-corrected chi connectivity index (χ2v) is 4.09. The third-order valence-corrected chi connectivity index (χ3v) is 2.69. The summed E-state index contributed by atoms with van der Waals surface area (Å²) in [6.45, 7) is 0.112. The Morgan fingerprint density at radius 3 is 2.55 bits per heavy atom. The van der Waals surface area contributed by atoms with E-state index < -0.39 is 17.6 Å². The zero-order valence-electron chi connectivity index (χ0n) is 10.5. The number of hydrogen-bond donors (Lipinski definition) is 1. The molecular formula is C14H12F2N2O2. The van der Waals surface area contributed by atoms with Crippen LogP contribution in [0.15, 0.2) is 36.7 Å². The minimum Gasteiger partial charge on any atom is -0.462 e. The molecule has 0 radical (unpaired) electrons. The van der Waals surface area contributed by atoms with E-state index in [1.165, 1.54) is 0 Å². The van der Waals surface area contributed by atoms with Crippen LogP contribution < -0.4 is 5.73 Å². The Morgan fingerprint density at radius 1 is 1.20 bits per heavy atom. The summed E-state index contributed by atoms with van der Waals surface area (Å²) in [6, 6.07) is 5.08. The molecule has 2 aromatic rings. The van der Waals surface area contributed by atoms with Crippen LogP contribution in [-0.2, 0) is 11.2 Å². The smallest absolute Gasteiger partial charge is 0.340 e. The van der Waals surface area contributed by atoms with Crippen molar-refractivity contribution in [3.63, 3.8) is 0 Å². The van der Waals surface area contributed by atoms with Gasteiger partial charge >= 0.3 is 5.97 Å². The molecule has 0 amide bonds. The molecule has 0 spiro atoms. The van der Waals surface area contributed by atoms with Gasteiger partial charge in [0.15, 0.2) is 11.6 Å². The molecule has 0 aliphatic carbocycles. The van der Waals surface area contributed by atoms with E-state index in [1.807, 2.05) is 0 Å². The summed E-state index contributed by atoms with van der Waals surface area (Å²) in [5, 5.41) is 0. The van der Waals surface area contributed by atoms with Crippen LogP contribution in [0.25, 0.3) is 0 Å². The Hall–Kier alpha value is -2.50. The average molecular weight is 278 g/mol. The van der Waals surface area contributed by atoms with Crippen molar-refractivity contribution in [2.75, 3.05) is 12.3 Å². The third-order valence-electron chi connectivity index (χ3n) is 2.69. The van der Waals surface area contributed by atoms with Gasteiger partial charge in [-0.05, 0) is 23.8 Å². The number of nitrogen functional groups attached to an aromatic ring is 1. The number of pyridine rings is 1. The van der Waals surface area contributed by atoms with E-state index in [9.17, 15) is 13.6 Å². The fraction of sp³-hybridized carbons (Fsp3) is 0.143. The SMILES string of the molecule is Nc1cc(F)c(F)cc1C(=O)OCCc1ccncc1. The number of esters is 1. The molecule has 2 N–H and O–H groups in total. The third kappa shape index (κ3) is 3.28. The molecule has 104 valence electrons. The van der Waals surface area contributed by atoms with Crippen molar-refractivity contribution in [3.05, 3.63) is 59.4 Å². The van der Waals surface area contributed by atoms with Crippen molar-refractivity contribution in [2.24, 2.45) is 0 Å². The lowest BCUT2D eigenvalue weighted by Crippen LogP contribution is -2.11. The first-order chi connectivity index (χ1) is 9.58. The topological polar surface area (TPSA) is 65.2 Å². The highest BCUT2D eigenvalue weighted by molar-refractivity contribution is 5.95. The summed E-state index contributed by atoms with van der Waals surface area (Å²) in [5.41, 5.74) is 6.07. The number of halogens is 2. The zero-order valence-corrected chi connectivity index (χ0v) is 10.5. The van der Waals surface area contributed by atoms with Gasteiger partial charge in [0.25, 0.3) is 0 Å². The average Bonchev–Trinajstić information content (AvgIpc) is 2.44. The second-order valence-electron chi connectivity index (χ2n) is 4.09. The number of nitrogens with two attached hydrogens (primary N) is 1. The number of carbonyl (C=O) groups is 1. The van der Waals surface area contributed by atoms with Gasteiger partial charge in [0.2, 0.25) is 0 Å². The molecule has 0 atom stereocenters. The van der Waals surface area contributed by atoms with Crippen LogP contribution in [-0.4, -0.2) is 17.6 Å². The summed E-state index contributed by atoms with van der Waals surface area (Å²) in [7, 11) is 0. The molecule has 0 unspecified atom stereocenters. The molecule has 6 heteroatoms. The van der Waals surface area contributed by atoms with E-state index in [0.29, 0.717) is 6.42 Å². The van der Waals surface area contributed by atoms with Gasteiger partial charge in [0.1, 0.15) is 0 Å². The molecule has 1 aromatic heterocycles. The maximum Gasteiger partial charge on any atom is 0.340 e. The summed E-state index contributed by atoms with van der Waals surface area (Å²) in [5.74, 6) is -3.02.